The van der Waals surface area contributed by atoms with Crippen LogP contribution in [-0.4, -0.2) is 32.3 Å². The molecule has 0 radical (unpaired) electrons. The summed E-state index contributed by atoms with van der Waals surface area (Å²) in [5.41, 5.74) is 6.76. The van der Waals surface area contributed by atoms with E-state index in [0.717, 1.165) is 35.8 Å². The van der Waals surface area contributed by atoms with Crippen molar-refractivity contribution in [3.8, 4) is 17.2 Å². The molecule has 0 aromatic heterocycles. The summed E-state index contributed by atoms with van der Waals surface area (Å²) in [6.45, 7) is 2.52. The summed E-state index contributed by atoms with van der Waals surface area (Å²) < 4.78 is 16.9. The van der Waals surface area contributed by atoms with E-state index >= 15 is 0 Å². The number of nitrogens with one attached hydrogen (secondary N) is 1. The van der Waals surface area contributed by atoms with Crippen LogP contribution in [0.4, 0.5) is 5.69 Å². The molecule has 0 fully saturated rings. The molecule has 6 nitrogen and oxygen atoms in total. The molecule has 0 amide bonds. The van der Waals surface area contributed by atoms with E-state index in [1.807, 2.05) is 48.5 Å². The molecule has 1 heterocycles. The molecule has 3 N–H and O–H groups in total. The van der Waals surface area contributed by atoms with E-state index in [4.69, 9.17) is 19.9 Å². The van der Waals surface area contributed by atoms with Gasteiger partial charge in [0.15, 0.2) is 17.5 Å². The van der Waals surface area contributed by atoms with Crippen molar-refractivity contribution < 1.29 is 14.2 Å². The highest BCUT2D eigenvalue weighted by Gasteiger charge is 2.10. The van der Waals surface area contributed by atoms with Crippen LogP contribution in [0.5, 0.6) is 17.2 Å². The van der Waals surface area contributed by atoms with Crippen molar-refractivity contribution >= 4 is 35.6 Å². The normalized spacial score (nSPS) is 13.3. The number of nitrogens with two attached hydrogens (primary N) is 1. The number of fused-ring (bicyclic) bond motifs is 1. The van der Waals surface area contributed by atoms with Gasteiger partial charge >= 0.3 is 0 Å². The van der Waals surface area contributed by atoms with E-state index in [9.17, 15) is 0 Å². The maximum atomic E-state index is 5.93. The van der Waals surface area contributed by atoms with Gasteiger partial charge in [-0.1, -0.05) is 18.2 Å². The van der Waals surface area contributed by atoms with Crippen LogP contribution in [0.3, 0.4) is 0 Å². The van der Waals surface area contributed by atoms with Crippen LogP contribution in [0.15, 0.2) is 53.5 Å². The molecular weight excluding hydrogens is 445 g/mol. The van der Waals surface area contributed by atoms with Crippen LogP contribution in [-0.2, 0) is 0 Å². The lowest BCUT2D eigenvalue weighted by atomic mass is 10.3. The summed E-state index contributed by atoms with van der Waals surface area (Å²) in [5, 5.41) is 3.07. The van der Waals surface area contributed by atoms with Crippen LogP contribution in [0, 0.1) is 0 Å². The Balaban J connectivity index is 0.00000243. The maximum Gasteiger partial charge on any atom is 0.193 e. The fourth-order valence-corrected chi connectivity index (χ4v) is 2.40. The molecule has 0 saturated heterocycles. The Labute approximate surface area is 170 Å². The van der Waals surface area contributed by atoms with E-state index in [-0.39, 0.29) is 24.0 Å². The first kappa shape index (κ1) is 20.2. The van der Waals surface area contributed by atoms with E-state index in [2.05, 4.69) is 10.3 Å². The predicted octanol–water partition coefficient (Wildman–Crippen LogP) is 3.66. The van der Waals surface area contributed by atoms with E-state index < -0.39 is 0 Å². The largest absolute Gasteiger partial charge is 0.494 e. The van der Waals surface area contributed by atoms with Crippen LogP contribution in [0.25, 0.3) is 0 Å². The van der Waals surface area contributed by atoms with Crippen molar-refractivity contribution in [2.75, 3.05) is 31.7 Å². The van der Waals surface area contributed by atoms with E-state index in [1.165, 1.54) is 0 Å². The first-order valence-corrected chi connectivity index (χ1v) is 8.46. The Bertz CT molecular complexity index is 710. The van der Waals surface area contributed by atoms with E-state index in [1.54, 1.807) is 0 Å². The zero-order chi connectivity index (χ0) is 17.3. The number of anilines is 1. The lowest BCUT2D eigenvalue weighted by Gasteiger charge is -2.10. The van der Waals surface area contributed by atoms with Crippen LogP contribution in [0.2, 0.25) is 0 Å². The number of aliphatic imine (C=N–C) groups is 1. The van der Waals surface area contributed by atoms with Gasteiger partial charge in [0.1, 0.15) is 5.75 Å². The number of guanidine groups is 1. The zero-order valence-electron chi connectivity index (χ0n) is 14.5. The van der Waals surface area contributed by atoms with E-state index in [0.29, 0.717) is 32.3 Å². The smallest absolute Gasteiger partial charge is 0.193 e. The van der Waals surface area contributed by atoms with Crippen LogP contribution < -0.4 is 25.3 Å². The maximum absolute atomic E-state index is 5.93. The zero-order valence-corrected chi connectivity index (χ0v) is 16.8. The second-order valence-electron chi connectivity index (χ2n) is 5.62. The molecular formula is C19H24IN3O3. The number of ether oxygens (including phenoxy) is 3. The summed E-state index contributed by atoms with van der Waals surface area (Å²) in [4.78, 5) is 4.31. The molecule has 0 unspecified atom stereocenters. The second kappa shape index (κ2) is 10.7. The SMILES string of the molecule is I.NC(=NCCCOc1ccccc1)Nc1ccc2c(c1)OCCCO2. The van der Waals surface area contributed by atoms with Crippen LogP contribution in [0.1, 0.15) is 12.8 Å². The minimum atomic E-state index is 0. The lowest BCUT2D eigenvalue weighted by molar-refractivity contribution is 0.297. The summed E-state index contributed by atoms with van der Waals surface area (Å²) in [7, 11) is 0. The molecule has 1 aliphatic heterocycles. The quantitative estimate of drug-likeness (QED) is 0.292. The lowest BCUT2D eigenvalue weighted by Crippen LogP contribution is -2.23. The molecule has 7 heteroatoms. The van der Waals surface area contributed by atoms with Crippen molar-refractivity contribution in [2.24, 2.45) is 10.7 Å². The van der Waals surface area contributed by atoms with Gasteiger partial charge in [-0.2, -0.15) is 0 Å². The van der Waals surface area contributed by atoms with Crippen molar-refractivity contribution in [3.05, 3.63) is 48.5 Å². The van der Waals surface area contributed by atoms with Gasteiger partial charge in [0.05, 0.1) is 19.8 Å². The number of rotatable bonds is 6. The van der Waals surface area contributed by atoms with Gasteiger partial charge in [0.2, 0.25) is 0 Å². The van der Waals surface area contributed by atoms with Gasteiger partial charge in [0.25, 0.3) is 0 Å². The first-order valence-electron chi connectivity index (χ1n) is 8.46. The topological polar surface area (TPSA) is 78.1 Å². The van der Waals surface area contributed by atoms with Gasteiger partial charge in [-0.3, -0.25) is 4.99 Å². The third-order valence-corrected chi connectivity index (χ3v) is 3.62. The molecule has 0 spiro atoms. The molecule has 0 aliphatic carbocycles. The molecule has 0 atom stereocenters. The van der Waals surface area contributed by atoms with Gasteiger partial charge in [-0.25, -0.2) is 0 Å². The van der Waals surface area contributed by atoms with Gasteiger partial charge in [-0.15, -0.1) is 24.0 Å². The summed E-state index contributed by atoms with van der Waals surface area (Å²) in [5.74, 6) is 2.72. The summed E-state index contributed by atoms with van der Waals surface area (Å²) in [6.07, 6.45) is 1.67. The predicted molar refractivity (Wildman–Crippen MR) is 114 cm³/mol. The number of benzene rings is 2. The average Bonchev–Trinajstić information content (AvgIpc) is 2.87. The Hall–Kier alpha value is -2.16. The molecule has 1 aliphatic rings. The standard InChI is InChI=1S/C19H23N3O3.HI/c20-19(21-10-4-11-23-16-6-2-1-3-7-16)22-15-8-9-17-18(14-15)25-13-5-12-24-17;/h1-3,6-9,14H,4-5,10-13H2,(H3,20,21,22);1H. The molecule has 2 aromatic rings. The number of hydrogen-bond acceptors (Lipinski definition) is 4. The molecule has 2 aromatic carbocycles. The third kappa shape index (κ3) is 6.29. The summed E-state index contributed by atoms with van der Waals surface area (Å²) >= 11 is 0. The molecule has 3 rings (SSSR count). The highest BCUT2D eigenvalue weighted by Crippen LogP contribution is 2.32. The van der Waals surface area contributed by atoms with Gasteiger partial charge in [0, 0.05) is 31.1 Å². The monoisotopic (exact) mass is 469 g/mol. The third-order valence-electron chi connectivity index (χ3n) is 3.62. The Kier molecular flexibility index (Phi) is 8.33. The molecule has 0 bridgehead atoms. The molecule has 26 heavy (non-hydrogen) atoms. The Morgan fingerprint density at radius 3 is 2.65 bits per heavy atom. The fraction of sp³-hybridized carbons (Fsp3) is 0.316. The minimum Gasteiger partial charge on any atom is -0.494 e. The number of para-hydroxylation sites is 1. The van der Waals surface area contributed by atoms with Crippen molar-refractivity contribution in [1.29, 1.82) is 0 Å². The number of halogens is 1. The molecule has 140 valence electrons. The van der Waals surface area contributed by atoms with Crippen molar-refractivity contribution in [3.63, 3.8) is 0 Å². The van der Waals surface area contributed by atoms with Gasteiger partial charge in [-0.05, 0) is 24.3 Å². The highest BCUT2D eigenvalue weighted by molar-refractivity contribution is 14.0. The van der Waals surface area contributed by atoms with Crippen molar-refractivity contribution in [2.45, 2.75) is 12.8 Å². The number of hydrogen-bond donors (Lipinski definition) is 2. The molecule has 0 saturated carbocycles. The second-order valence-corrected chi connectivity index (χ2v) is 5.62. The highest BCUT2D eigenvalue weighted by atomic mass is 127. The Morgan fingerprint density at radius 1 is 1.08 bits per heavy atom. The Morgan fingerprint density at radius 2 is 1.85 bits per heavy atom. The van der Waals surface area contributed by atoms with Crippen LogP contribution >= 0.6 is 24.0 Å². The average molecular weight is 469 g/mol. The first-order chi connectivity index (χ1) is 12.3. The van der Waals surface area contributed by atoms with Crippen molar-refractivity contribution in [1.82, 2.24) is 0 Å². The summed E-state index contributed by atoms with van der Waals surface area (Å²) in [6, 6.07) is 15.4. The minimum absolute atomic E-state index is 0. The fourth-order valence-electron chi connectivity index (χ4n) is 2.40. The number of nitrogens with zero attached hydrogens (tertiary/aromatic N) is 1. The van der Waals surface area contributed by atoms with Gasteiger partial charge < -0.3 is 25.3 Å².